The molecule has 0 radical (unpaired) electrons. The number of fused-ring (bicyclic) bond motifs is 1. The first-order valence-electron chi connectivity index (χ1n) is 10.5. The summed E-state index contributed by atoms with van der Waals surface area (Å²) in [5.41, 5.74) is 3.76. The number of nitrogens with zero attached hydrogens (tertiary/aromatic N) is 1. The van der Waals surface area contributed by atoms with Gasteiger partial charge in [0.1, 0.15) is 11.5 Å². The molecular formula is C24H33N3O. The molecule has 1 aliphatic rings. The normalized spacial score (nSPS) is 16.4. The molecule has 1 fully saturated rings. The molecule has 1 aliphatic carbocycles. The predicted molar refractivity (Wildman–Crippen MR) is 117 cm³/mol. The lowest BCUT2D eigenvalue weighted by atomic mass is 9.75. The van der Waals surface area contributed by atoms with Crippen molar-refractivity contribution in [1.82, 2.24) is 15.3 Å². The predicted octanol–water partition coefficient (Wildman–Crippen LogP) is 6.44. The topological polar surface area (TPSA) is 49.9 Å². The Hall–Kier alpha value is -2.33. The first-order valence-corrected chi connectivity index (χ1v) is 10.5. The van der Waals surface area contributed by atoms with Crippen molar-refractivity contribution in [2.45, 2.75) is 66.0 Å². The average Bonchev–Trinajstić information content (AvgIpc) is 3.18. The minimum Gasteiger partial charge on any atom is -0.457 e. The number of imidazole rings is 1. The van der Waals surface area contributed by atoms with Gasteiger partial charge in [-0.25, -0.2) is 4.98 Å². The maximum Gasteiger partial charge on any atom is 0.129 e. The van der Waals surface area contributed by atoms with Crippen LogP contribution in [-0.4, -0.2) is 16.0 Å². The number of rotatable bonds is 5. The van der Waals surface area contributed by atoms with E-state index in [1.807, 2.05) is 44.2 Å². The highest BCUT2D eigenvalue weighted by Gasteiger charge is 2.26. The molecule has 1 aromatic heterocycles. The van der Waals surface area contributed by atoms with Crippen LogP contribution >= 0.6 is 0 Å². The van der Waals surface area contributed by atoms with Crippen molar-refractivity contribution in [2.24, 2.45) is 5.41 Å². The van der Waals surface area contributed by atoms with Gasteiger partial charge in [0.05, 0.1) is 17.4 Å². The number of nitrogens with one attached hydrogen (secondary N) is 2. The van der Waals surface area contributed by atoms with Gasteiger partial charge in [-0.2, -0.15) is 0 Å². The SMILES string of the molecule is CC.CC1(C)CCC(NCc2ccc(Oc3ccc4nc[nH]c4c3)cc2)CC1. The number of aromatic amines is 1. The Morgan fingerprint density at radius 1 is 1.04 bits per heavy atom. The molecule has 0 amide bonds. The van der Waals surface area contributed by atoms with E-state index in [-0.39, 0.29) is 0 Å². The molecule has 1 heterocycles. The standard InChI is InChI=1S/C22H27N3O.C2H6/c1-22(2)11-9-17(10-12-22)23-14-16-3-5-18(6-4-16)26-19-7-8-20-21(13-19)25-15-24-20;1-2/h3-8,13,15,17,23H,9-12,14H2,1-2H3,(H,24,25);1-2H3. The van der Waals surface area contributed by atoms with Gasteiger partial charge >= 0.3 is 0 Å². The van der Waals surface area contributed by atoms with Crippen LogP contribution in [0.1, 0.15) is 58.9 Å². The summed E-state index contributed by atoms with van der Waals surface area (Å²) in [5, 5.41) is 3.71. The summed E-state index contributed by atoms with van der Waals surface area (Å²) < 4.78 is 5.96. The van der Waals surface area contributed by atoms with Gasteiger partial charge in [-0.05, 0) is 60.9 Å². The van der Waals surface area contributed by atoms with Crippen molar-refractivity contribution in [3.63, 3.8) is 0 Å². The number of ether oxygens (including phenoxy) is 1. The highest BCUT2D eigenvalue weighted by atomic mass is 16.5. The van der Waals surface area contributed by atoms with E-state index in [0.717, 1.165) is 29.1 Å². The van der Waals surface area contributed by atoms with Crippen molar-refractivity contribution < 1.29 is 4.74 Å². The lowest BCUT2D eigenvalue weighted by molar-refractivity contribution is 0.206. The van der Waals surface area contributed by atoms with Crippen molar-refractivity contribution >= 4 is 11.0 Å². The van der Waals surface area contributed by atoms with Crippen molar-refractivity contribution in [3.05, 3.63) is 54.4 Å². The number of H-pyrrole nitrogens is 1. The smallest absolute Gasteiger partial charge is 0.129 e. The number of benzene rings is 2. The van der Waals surface area contributed by atoms with Gasteiger partial charge in [0, 0.05) is 18.7 Å². The molecule has 0 bridgehead atoms. The minimum absolute atomic E-state index is 0.524. The van der Waals surface area contributed by atoms with E-state index in [1.165, 1.54) is 31.2 Å². The third-order valence-electron chi connectivity index (χ3n) is 5.48. The van der Waals surface area contributed by atoms with Gasteiger partial charge in [0.2, 0.25) is 0 Å². The van der Waals surface area contributed by atoms with Crippen LogP contribution in [0.2, 0.25) is 0 Å². The zero-order valence-corrected chi connectivity index (χ0v) is 17.6. The maximum atomic E-state index is 5.96. The molecule has 28 heavy (non-hydrogen) atoms. The third-order valence-corrected chi connectivity index (χ3v) is 5.48. The van der Waals surface area contributed by atoms with Crippen LogP contribution in [0.5, 0.6) is 11.5 Å². The Bertz CT molecular complexity index is 857. The fourth-order valence-corrected chi connectivity index (χ4v) is 3.66. The van der Waals surface area contributed by atoms with Gasteiger partial charge in [0.15, 0.2) is 0 Å². The molecule has 2 aromatic carbocycles. The second-order valence-electron chi connectivity index (χ2n) is 8.15. The summed E-state index contributed by atoms with van der Waals surface area (Å²) in [6.07, 6.45) is 6.90. The van der Waals surface area contributed by atoms with Crippen LogP contribution in [-0.2, 0) is 6.54 Å². The molecule has 0 spiro atoms. The first kappa shape index (κ1) is 20.4. The van der Waals surface area contributed by atoms with Crippen molar-refractivity contribution in [2.75, 3.05) is 0 Å². The highest BCUT2D eigenvalue weighted by molar-refractivity contribution is 5.76. The molecule has 0 saturated heterocycles. The Morgan fingerprint density at radius 2 is 1.71 bits per heavy atom. The molecule has 150 valence electrons. The van der Waals surface area contributed by atoms with E-state index in [1.54, 1.807) is 6.33 Å². The Balaban J connectivity index is 0.00000109. The second kappa shape index (κ2) is 9.24. The van der Waals surface area contributed by atoms with E-state index in [4.69, 9.17) is 4.74 Å². The molecule has 3 aromatic rings. The zero-order chi connectivity index (χ0) is 20.0. The van der Waals surface area contributed by atoms with E-state index in [2.05, 4.69) is 41.3 Å². The average molecular weight is 380 g/mol. The van der Waals surface area contributed by atoms with E-state index < -0.39 is 0 Å². The molecule has 4 nitrogen and oxygen atoms in total. The first-order chi connectivity index (χ1) is 13.6. The van der Waals surface area contributed by atoms with Crippen molar-refractivity contribution in [3.8, 4) is 11.5 Å². The van der Waals surface area contributed by atoms with Crippen LogP contribution in [0.3, 0.4) is 0 Å². The quantitative estimate of drug-likeness (QED) is 0.536. The second-order valence-corrected chi connectivity index (χ2v) is 8.15. The lowest BCUT2D eigenvalue weighted by Crippen LogP contribution is -2.35. The minimum atomic E-state index is 0.524. The van der Waals surface area contributed by atoms with Crippen LogP contribution < -0.4 is 10.1 Å². The molecule has 0 unspecified atom stereocenters. The van der Waals surface area contributed by atoms with E-state index in [9.17, 15) is 0 Å². The number of hydrogen-bond donors (Lipinski definition) is 2. The van der Waals surface area contributed by atoms with Gasteiger partial charge in [0.25, 0.3) is 0 Å². The van der Waals surface area contributed by atoms with Crippen LogP contribution in [0.4, 0.5) is 0 Å². The van der Waals surface area contributed by atoms with Gasteiger partial charge in [-0.3, -0.25) is 0 Å². The fourth-order valence-electron chi connectivity index (χ4n) is 3.66. The summed E-state index contributed by atoms with van der Waals surface area (Å²) in [6, 6.07) is 14.9. The van der Waals surface area contributed by atoms with Gasteiger partial charge in [-0.15, -0.1) is 0 Å². The Kier molecular flexibility index (Phi) is 6.74. The number of hydrogen-bond acceptors (Lipinski definition) is 3. The molecule has 2 N–H and O–H groups in total. The Morgan fingerprint density at radius 3 is 2.43 bits per heavy atom. The summed E-state index contributed by atoms with van der Waals surface area (Å²) in [7, 11) is 0. The maximum absolute atomic E-state index is 5.96. The Labute approximate surface area is 168 Å². The van der Waals surface area contributed by atoms with Crippen LogP contribution in [0.15, 0.2) is 48.8 Å². The largest absolute Gasteiger partial charge is 0.457 e. The molecule has 4 rings (SSSR count). The fraction of sp³-hybridized carbons (Fsp3) is 0.458. The van der Waals surface area contributed by atoms with E-state index >= 15 is 0 Å². The van der Waals surface area contributed by atoms with Gasteiger partial charge in [-0.1, -0.05) is 39.8 Å². The third kappa shape index (κ3) is 5.35. The monoisotopic (exact) mass is 379 g/mol. The van der Waals surface area contributed by atoms with Crippen molar-refractivity contribution in [1.29, 1.82) is 0 Å². The zero-order valence-electron chi connectivity index (χ0n) is 17.6. The summed E-state index contributed by atoms with van der Waals surface area (Å²) in [6.45, 7) is 9.68. The van der Waals surface area contributed by atoms with Crippen LogP contribution in [0, 0.1) is 5.41 Å². The molecular weight excluding hydrogens is 346 g/mol. The highest BCUT2D eigenvalue weighted by Crippen LogP contribution is 2.35. The van der Waals surface area contributed by atoms with Gasteiger partial charge < -0.3 is 15.0 Å². The molecule has 0 atom stereocenters. The molecule has 0 aliphatic heterocycles. The van der Waals surface area contributed by atoms with E-state index in [0.29, 0.717) is 11.5 Å². The number of aromatic nitrogens is 2. The van der Waals surface area contributed by atoms with Crippen LogP contribution in [0.25, 0.3) is 11.0 Å². The lowest BCUT2D eigenvalue weighted by Gasteiger charge is -2.34. The summed E-state index contributed by atoms with van der Waals surface area (Å²) in [5.74, 6) is 1.67. The summed E-state index contributed by atoms with van der Waals surface area (Å²) in [4.78, 5) is 7.34. The molecule has 1 saturated carbocycles. The summed E-state index contributed by atoms with van der Waals surface area (Å²) >= 11 is 0. The molecule has 4 heteroatoms.